The second-order valence-electron chi connectivity index (χ2n) is 10.6. The van der Waals surface area contributed by atoms with Crippen molar-refractivity contribution < 1.29 is 19.1 Å². The topological polar surface area (TPSA) is 60.4 Å². The van der Waals surface area contributed by atoms with Gasteiger partial charge < -0.3 is 4.74 Å². The monoisotopic (exact) mass is 400 g/mol. The molecule has 4 rings (SSSR count). The van der Waals surface area contributed by atoms with Crippen molar-refractivity contribution in [3.63, 3.8) is 0 Å². The van der Waals surface area contributed by atoms with E-state index in [-0.39, 0.29) is 28.4 Å². The molecule has 4 nitrogen and oxygen atoms in total. The third-order valence-corrected chi connectivity index (χ3v) is 9.78. The highest BCUT2D eigenvalue weighted by Gasteiger charge is 2.68. The van der Waals surface area contributed by atoms with Crippen LogP contribution in [0.2, 0.25) is 0 Å². The Hall–Kier alpha value is -1.45. The van der Waals surface area contributed by atoms with Gasteiger partial charge in [0, 0.05) is 18.3 Å². The zero-order chi connectivity index (χ0) is 21.2. The molecule has 0 spiro atoms. The van der Waals surface area contributed by atoms with Crippen LogP contribution in [0, 0.1) is 34.5 Å². The molecule has 160 valence electrons. The molecule has 0 amide bonds. The van der Waals surface area contributed by atoms with Crippen molar-refractivity contribution >= 4 is 17.5 Å². The predicted molar refractivity (Wildman–Crippen MR) is 111 cm³/mol. The number of esters is 1. The number of carbonyl (C=O) groups excluding carboxylic acids is 3. The lowest BCUT2D eigenvalue weighted by molar-refractivity contribution is -0.189. The minimum absolute atomic E-state index is 0.0157. The molecule has 0 radical (unpaired) electrons. The van der Waals surface area contributed by atoms with E-state index >= 15 is 0 Å². The number of rotatable bonds is 3. The lowest BCUT2D eigenvalue weighted by atomic mass is 9.44. The summed E-state index contributed by atoms with van der Waals surface area (Å²) in [6, 6.07) is 0. The summed E-state index contributed by atoms with van der Waals surface area (Å²) >= 11 is 0. The van der Waals surface area contributed by atoms with Crippen molar-refractivity contribution in [2.24, 2.45) is 34.5 Å². The SMILES string of the molecule is CCC(=O)O[C@]1(C(C)=O)CC[C@H]2[C@@H]3CCC4=CC(=O)CC(C)[C@]4(C)[C@H]3CC[C@@]21C. The summed E-state index contributed by atoms with van der Waals surface area (Å²) in [6.45, 7) is 10.3. The van der Waals surface area contributed by atoms with Crippen LogP contribution in [-0.4, -0.2) is 23.1 Å². The van der Waals surface area contributed by atoms with Crippen molar-refractivity contribution in [1.82, 2.24) is 0 Å². The van der Waals surface area contributed by atoms with Gasteiger partial charge in [-0.3, -0.25) is 14.4 Å². The van der Waals surface area contributed by atoms with E-state index in [2.05, 4.69) is 20.8 Å². The molecule has 0 N–H and O–H groups in total. The number of allylic oxidation sites excluding steroid dienone is 1. The molecule has 0 aromatic carbocycles. The Kier molecular flexibility index (Phi) is 4.87. The third kappa shape index (κ3) is 2.66. The summed E-state index contributed by atoms with van der Waals surface area (Å²) in [7, 11) is 0. The van der Waals surface area contributed by atoms with Gasteiger partial charge in [0.25, 0.3) is 0 Å². The van der Waals surface area contributed by atoms with Gasteiger partial charge >= 0.3 is 5.97 Å². The number of ether oxygens (including phenoxy) is 1. The van der Waals surface area contributed by atoms with Gasteiger partial charge in [-0.2, -0.15) is 0 Å². The van der Waals surface area contributed by atoms with E-state index in [1.165, 1.54) is 5.57 Å². The maximum atomic E-state index is 12.9. The first-order valence-corrected chi connectivity index (χ1v) is 11.6. The van der Waals surface area contributed by atoms with Crippen LogP contribution in [0.4, 0.5) is 0 Å². The van der Waals surface area contributed by atoms with Gasteiger partial charge in [0.1, 0.15) is 0 Å². The molecule has 4 heteroatoms. The second-order valence-corrected chi connectivity index (χ2v) is 10.6. The average molecular weight is 401 g/mol. The fourth-order valence-corrected chi connectivity index (χ4v) is 8.02. The molecule has 3 fully saturated rings. The van der Waals surface area contributed by atoms with Crippen LogP contribution in [0.5, 0.6) is 0 Å². The Morgan fingerprint density at radius 2 is 1.83 bits per heavy atom. The number of ketones is 2. The normalized spacial score (nSPS) is 46.2. The fraction of sp³-hybridized carbons (Fsp3) is 0.800. The zero-order valence-corrected chi connectivity index (χ0v) is 18.7. The number of hydrogen-bond donors (Lipinski definition) is 0. The van der Waals surface area contributed by atoms with Crippen molar-refractivity contribution in [1.29, 1.82) is 0 Å². The van der Waals surface area contributed by atoms with Gasteiger partial charge in [-0.05, 0) is 80.6 Å². The van der Waals surface area contributed by atoms with Crippen LogP contribution < -0.4 is 0 Å². The molecule has 4 aliphatic rings. The molecule has 3 saturated carbocycles. The Labute approximate surface area is 174 Å². The van der Waals surface area contributed by atoms with E-state index in [0.29, 0.717) is 42.9 Å². The first kappa shape index (κ1) is 20.8. The number of Topliss-reactive ketones (excluding diaryl/α,β-unsaturated/α-hetero) is 1. The number of carbonyl (C=O) groups is 3. The third-order valence-electron chi connectivity index (χ3n) is 9.78. The van der Waals surface area contributed by atoms with Gasteiger partial charge in [-0.25, -0.2) is 0 Å². The number of fused-ring (bicyclic) bond motifs is 5. The summed E-state index contributed by atoms with van der Waals surface area (Å²) in [5.74, 6) is 1.89. The fourth-order valence-electron chi connectivity index (χ4n) is 8.02. The molecule has 7 atom stereocenters. The molecule has 1 unspecified atom stereocenters. The Morgan fingerprint density at radius 3 is 2.48 bits per heavy atom. The lowest BCUT2D eigenvalue weighted by Crippen LogP contribution is -2.59. The quantitative estimate of drug-likeness (QED) is 0.622. The van der Waals surface area contributed by atoms with Crippen molar-refractivity contribution in [2.45, 2.75) is 91.6 Å². The smallest absolute Gasteiger partial charge is 0.306 e. The predicted octanol–water partition coefficient (Wildman–Crippen LogP) is 5.05. The molecule has 0 bridgehead atoms. The van der Waals surface area contributed by atoms with Crippen LogP contribution in [0.15, 0.2) is 11.6 Å². The minimum atomic E-state index is -0.957. The first-order valence-electron chi connectivity index (χ1n) is 11.6. The molecule has 0 aliphatic heterocycles. The zero-order valence-electron chi connectivity index (χ0n) is 18.7. The van der Waals surface area contributed by atoms with Crippen LogP contribution in [0.3, 0.4) is 0 Å². The maximum absolute atomic E-state index is 12.9. The standard InChI is InChI=1S/C25H36O4/c1-6-22(28)29-25(16(3)26)12-10-20-19-8-7-17-14-18(27)13-15(2)24(17,5)21(19)9-11-23(20,25)4/h14-15,19-21H,6-13H2,1-5H3/t15?,19-,20-,21-,23-,24-,25-/m0/s1. The van der Waals surface area contributed by atoms with Crippen molar-refractivity contribution in [3.05, 3.63) is 11.6 Å². The summed E-state index contributed by atoms with van der Waals surface area (Å²) in [5.41, 5.74) is 0.205. The first-order chi connectivity index (χ1) is 13.6. The van der Waals surface area contributed by atoms with Gasteiger partial charge in [-0.1, -0.05) is 33.3 Å². The van der Waals surface area contributed by atoms with Gasteiger partial charge in [0.15, 0.2) is 17.2 Å². The van der Waals surface area contributed by atoms with E-state index in [9.17, 15) is 14.4 Å². The highest BCUT2D eigenvalue weighted by molar-refractivity contribution is 5.92. The van der Waals surface area contributed by atoms with Crippen molar-refractivity contribution in [3.8, 4) is 0 Å². The Bertz CT molecular complexity index is 782. The Balaban J connectivity index is 1.71. The molecule has 4 aliphatic carbocycles. The second kappa shape index (κ2) is 6.78. The van der Waals surface area contributed by atoms with Gasteiger partial charge in [0.2, 0.25) is 0 Å². The van der Waals surface area contributed by atoms with E-state index in [0.717, 1.165) is 32.1 Å². The molecule has 0 aromatic rings. The number of hydrogen-bond acceptors (Lipinski definition) is 4. The highest BCUT2D eigenvalue weighted by Crippen LogP contribution is 2.69. The maximum Gasteiger partial charge on any atom is 0.306 e. The van der Waals surface area contributed by atoms with Gasteiger partial charge in [0.05, 0.1) is 0 Å². The molecule has 0 heterocycles. The van der Waals surface area contributed by atoms with E-state index in [1.54, 1.807) is 13.8 Å². The molecular formula is C25H36O4. The molecular weight excluding hydrogens is 364 g/mol. The van der Waals surface area contributed by atoms with Crippen molar-refractivity contribution in [2.75, 3.05) is 0 Å². The largest absolute Gasteiger partial charge is 0.450 e. The van der Waals surface area contributed by atoms with Crippen LogP contribution in [0.1, 0.15) is 86.0 Å². The highest BCUT2D eigenvalue weighted by atomic mass is 16.6. The summed E-state index contributed by atoms with van der Waals surface area (Å²) in [5, 5.41) is 0. The van der Waals surface area contributed by atoms with Crippen LogP contribution >= 0.6 is 0 Å². The minimum Gasteiger partial charge on any atom is -0.450 e. The van der Waals surface area contributed by atoms with Crippen LogP contribution in [-0.2, 0) is 19.1 Å². The van der Waals surface area contributed by atoms with E-state index < -0.39 is 5.60 Å². The average Bonchev–Trinajstić information content (AvgIpc) is 2.96. The van der Waals surface area contributed by atoms with E-state index in [1.807, 2.05) is 6.08 Å². The van der Waals surface area contributed by atoms with Gasteiger partial charge in [-0.15, -0.1) is 0 Å². The summed E-state index contributed by atoms with van der Waals surface area (Å²) in [6.07, 6.45) is 8.55. The summed E-state index contributed by atoms with van der Waals surface area (Å²) < 4.78 is 5.98. The molecule has 0 aromatic heterocycles. The lowest BCUT2D eigenvalue weighted by Gasteiger charge is -2.60. The summed E-state index contributed by atoms with van der Waals surface area (Å²) in [4.78, 5) is 37.4. The van der Waals surface area contributed by atoms with Crippen LogP contribution in [0.25, 0.3) is 0 Å². The molecule has 29 heavy (non-hydrogen) atoms. The Morgan fingerprint density at radius 1 is 1.14 bits per heavy atom. The van der Waals surface area contributed by atoms with E-state index in [4.69, 9.17) is 4.74 Å². The molecule has 0 saturated heterocycles.